The van der Waals surface area contributed by atoms with Crippen molar-refractivity contribution < 1.29 is 9.72 Å². The molecule has 2 rings (SSSR count). The summed E-state index contributed by atoms with van der Waals surface area (Å²) in [4.78, 5) is 22.4. The van der Waals surface area contributed by atoms with Crippen LogP contribution in [0.4, 0.5) is 5.69 Å². The lowest BCUT2D eigenvalue weighted by atomic mass is 10.1. The Morgan fingerprint density at radius 2 is 1.73 bits per heavy atom. The second-order valence-electron chi connectivity index (χ2n) is 5.13. The number of benzene rings is 2. The Balaban J connectivity index is 1.82. The summed E-state index contributed by atoms with van der Waals surface area (Å²) >= 11 is 16.6. The molecule has 0 saturated carbocycles. The summed E-state index contributed by atoms with van der Waals surface area (Å²) in [6.07, 6.45) is 0.704. The van der Waals surface area contributed by atoms with Gasteiger partial charge in [-0.15, -0.1) is 0 Å². The fourth-order valence-corrected chi connectivity index (χ4v) is 2.49. The number of nitro groups is 1. The number of nitrogens with zero attached hydrogens (tertiary/aromatic N) is 1. The van der Waals surface area contributed by atoms with Crippen molar-refractivity contribution in [1.82, 2.24) is 16.2 Å². The first-order chi connectivity index (χ1) is 12.4. The highest BCUT2D eigenvalue weighted by atomic mass is 35.5. The van der Waals surface area contributed by atoms with Crippen LogP contribution in [0, 0.1) is 10.1 Å². The van der Waals surface area contributed by atoms with Gasteiger partial charge in [-0.3, -0.25) is 25.8 Å². The summed E-state index contributed by atoms with van der Waals surface area (Å²) < 4.78 is 0. The molecule has 0 fully saturated rings. The van der Waals surface area contributed by atoms with Gasteiger partial charge >= 0.3 is 0 Å². The van der Waals surface area contributed by atoms with Crippen LogP contribution in [-0.2, 0) is 6.42 Å². The van der Waals surface area contributed by atoms with Crippen LogP contribution >= 0.6 is 35.4 Å². The van der Waals surface area contributed by atoms with Crippen molar-refractivity contribution in [1.29, 1.82) is 0 Å². The minimum absolute atomic E-state index is 0.129. The Morgan fingerprint density at radius 1 is 1.08 bits per heavy atom. The molecular formula is C16H14Cl2N4O3S. The summed E-state index contributed by atoms with van der Waals surface area (Å²) in [6, 6.07) is 11.2. The first kappa shape index (κ1) is 19.9. The van der Waals surface area contributed by atoms with E-state index in [2.05, 4.69) is 16.2 Å². The van der Waals surface area contributed by atoms with Crippen LogP contribution in [0.1, 0.15) is 15.9 Å². The minimum Gasteiger partial charge on any atom is -0.361 e. The Hall–Kier alpha value is -2.42. The summed E-state index contributed by atoms with van der Waals surface area (Å²) in [6.45, 7) is 0.532. The summed E-state index contributed by atoms with van der Waals surface area (Å²) in [5, 5.41) is 14.9. The number of halogens is 2. The fraction of sp³-hybridized carbons (Fsp3) is 0.125. The zero-order chi connectivity index (χ0) is 19.1. The Morgan fingerprint density at radius 3 is 2.38 bits per heavy atom. The lowest BCUT2D eigenvalue weighted by Crippen LogP contribution is -2.47. The smallest absolute Gasteiger partial charge is 0.283 e. The molecule has 0 aliphatic heterocycles. The van der Waals surface area contributed by atoms with Crippen LogP contribution in [0.15, 0.2) is 42.5 Å². The minimum atomic E-state index is -0.699. The van der Waals surface area contributed by atoms with Crippen LogP contribution in [0.25, 0.3) is 0 Å². The molecule has 0 aromatic heterocycles. The molecule has 0 aliphatic rings. The van der Waals surface area contributed by atoms with Gasteiger partial charge in [0.15, 0.2) is 5.11 Å². The molecular weight excluding hydrogens is 399 g/mol. The van der Waals surface area contributed by atoms with E-state index in [1.54, 1.807) is 12.1 Å². The largest absolute Gasteiger partial charge is 0.361 e. The number of hydrazine groups is 1. The van der Waals surface area contributed by atoms with Crippen LogP contribution in [0.2, 0.25) is 10.0 Å². The van der Waals surface area contributed by atoms with Crippen molar-refractivity contribution in [2.45, 2.75) is 6.42 Å². The number of rotatable bonds is 5. The molecule has 0 radical (unpaired) electrons. The molecule has 136 valence electrons. The van der Waals surface area contributed by atoms with E-state index in [0.717, 1.165) is 11.6 Å². The topological polar surface area (TPSA) is 96.3 Å². The highest BCUT2D eigenvalue weighted by molar-refractivity contribution is 7.80. The van der Waals surface area contributed by atoms with Crippen molar-refractivity contribution >= 4 is 52.1 Å². The van der Waals surface area contributed by atoms with E-state index in [-0.39, 0.29) is 15.7 Å². The molecule has 0 bridgehead atoms. The SMILES string of the molecule is O=C(NNC(=S)NCCc1ccc(Cl)cc1)c1ccc(Cl)cc1[N+](=O)[O-]. The highest BCUT2D eigenvalue weighted by Crippen LogP contribution is 2.22. The Kier molecular flexibility index (Phi) is 7.14. The van der Waals surface area contributed by atoms with Crippen molar-refractivity contribution in [3.05, 3.63) is 73.8 Å². The lowest BCUT2D eigenvalue weighted by Gasteiger charge is -2.12. The molecule has 10 heteroatoms. The van der Waals surface area contributed by atoms with E-state index in [1.807, 2.05) is 12.1 Å². The van der Waals surface area contributed by atoms with Gasteiger partial charge in [0.25, 0.3) is 11.6 Å². The van der Waals surface area contributed by atoms with Crippen LogP contribution < -0.4 is 16.2 Å². The standard InChI is InChI=1S/C16H14Cl2N4O3S/c17-11-3-1-10(2-4-11)7-8-19-16(26)21-20-15(23)13-6-5-12(18)9-14(13)22(24)25/h1-6,9H,7-8H2,(H,20,23)(H2,19,21,26). The molecule has 0 unspecified atom stereocenters. The van der Waals surface area contributed by atoms with Gasteiger partial charge in [0.05, 0.1) is 4.92 Å². The van der Waals surface area contributed by atoms with Gasteiger partial charge in [0.1, 0.15) is 5.56 Å². The third-order valence-corrected chi connectivity index (χ3v) is 4.04. The zero-order valence-electron chi connectivity index (χ0n) is 13.3. The van der Waals surface area contributed by atoms with E-state index < -0.39 is 16.5 Å². The maximum atomic E-state index is 12.1. The number of hydrogen-bond acceptors (Lipinski definition) is 4. The van der Waals surface area contributed by atoms with Gasteiger partial charge in [-0.05, 0) is 48.5 Å². The number of nitro benzene ring substituents is 1. The fourth-order valence-electron chi connectivity index (χ4n) is 2.04. The highest BCUT2D eigenvalue weighted by Gasteiger charge is 2.20. The van der Waals surface area contributed by atoms with Gasteiger partial charge in [0.2, 0.25) is 0 Å². The van der Waals surface area contributed by atoms with E-state index >= 15 is 0 Å². The predicted molar refractivity (Wildman–Crippen MR) is 104 cm³/mol. The average Bonchev–Trinajstić information content (AvgIpc) is 2.61. The van der Waals surface area contributed by atoms with Gasteiger partial charge in [-0.1, -0.05) is 35.3 Å². The van der Waals surface area contributed by atoms with Crippen molar-refractivity contribution in [3.63, 3.8) is 0 Å². The number of hydrogen-bond donors (Lipinski definition) is 3. The number of nitrogens with one attached hydrogen (secondary N) is 3. The van der Waals surface area contributed by atoms with Crippen molar-refractivity contribution in [3.8, 4) is 0 Å². The molecule has 0 saturated heterocycles. The molecule has 0 heterocycles. The zero-order valence-corrected chi connectivity index (χ0v) is 15.6. The van der Waals surface area contributed by atoms with E-state index in [0.29, 0.717) is 18.0 Å². The van der Waals surface area contributed by atoms with Gasteiger partial charge in [-0.2, -0.15) is 0 Å². The summed E-state index contributed by atoms with van der Waals surface area (Å²) in [5.41, 5.74) is 5.37. The van der Waals surface area contributed by atoms with Gasteiger partial charge in [-0.25, -0.2) is 0 Å². The number of amides is 1. The van der Waals surface area contributed by atoms with Crippen molar-refractivity contribution in [2.24, 2.45) is 0 Å². The third kappa shape index (κ3) is 5.83. The van der Waals surface area contributed by atoms with Crippen LogP contribution in [-0.4, -0.2) is 22.5 Å². The molecule has 3 N–H and O–H groups in total. The van der Waals surface area contributed by atoms with E-state index in [4.69, 9.17) is 35.4 Å². The van der Waals surface area contributed by atoms with E-state index in [9.17, 15) is 14.9 Å². The number of thiocarbonyl (C=S) groups is 1. The molecule has 0 atom stereocenters. The third-order valence-electron chi connectivity index (χ3n) is 3.30. The Bertz CT molecular complexity index is 831. The molecule has 26 heavy (non-hydrogen) atoms. The van der Waals surface area contributed by atoms with Gasteiger partial charge in [0, 0.05) is 22.7 Å². The molecule has 2 aromatic rings. The maximum absolute atomic E-state index is 12.1. The average molecular weight is 413 g/mol. The van der Waals surface area contributed by atoms with Crippen molar-refractivity contribution in [2.75, 3.05) is 6.54 Å². The monoisotopic (exact) mass is 412 g/mol. The molecule has 0 spiro atoms. The molecule has 2 aromatic carbocycles. The number of carbonyl (C=O) groups excluding carboxylic acids is 1. The molecule has 1 amide bonds. The maximum Gasteiger partial charge on any atom is 0.283 e. The van der Waals surface area contributed by atoms with Gasteiger partial charge < -0.3 is 5.32 Å². The summed E-state index contributed by atoms with van der Waals surface area (Å²) in [5.74, 6) is -0.699. The molecule has 0 aliphatic carbocycles. The second-order valence-corrected chi connectivity index (χ2v) is 6.41. The quantitative estimate of drug-likeness (QED) is 0.396. The summed E-state index contributed by atoms with van der Waals surface area (Å²) in [7, 11) is 0. The van der Waals surface area contributed by atoms with E-state index in [1.165, 1.54) is 12.1 Å². The van der Waals surface area contributed by atoms with Crippen LogP contribution in [0.5, 0.6) is 0 Å². The number of carbonyl (C=O) groups is 1. The normalized spacial score (nSPS) is 10.1. The second kappa shape index (κ2) is 9.33. The predicted octanol–water partition coefficient (Wildman–Crippen LogP) is 3.25. The molecule has 7 nitrogen and oxygen atoms in total. The lowest BCUT2D eigenvalue weighted by molar-refractivity contribution is -0.385. The Labute approximate surface area is 164 Å². The first-order valence-electron chi connectivity index (χ1n) is 7.39. The van der Waals surface area contributed by atoms with Crippen LogP contribution in [0.3, 0.4) is 0 Å². The first-order valence-corrected chi connectivity index (χ1v) is 8.56.